The van der Waals surface area contributed by atoms with Crippen molar-refractivity contribution in [3.8, 4) is 0 Å². The van der Waals surface area contributed by atoms with E-state index < -0.39 is 0 Å². The van der Waals surface area contributed by atoms with E-state index in [1.165, 1.54) is 41.6 Å². The van der Waals surface area contributed by atoms with Crippen LogP contribution in [-0.4, -0.2) is 41.3 Å². The normalized spacial score (nSPS) is 10.8. The van der Waals surface area contributed by atoms with Crippen molar-refractivity contribution < 1.29 is 14.0 Å². The Morgan fingerprint density at radius 1 is 0.931 bits per heavy atom. The lowest BCUT2D eigenvalue weighted by molar-refractivity contribution is -0.118. The first-order valence-electron chi connectivity index (χ1n) is 9.70. The topological polar surface area (TPSA) is 61.4 Å². The van der Waals surface area contributed by atoms with Gasteiger partial charge in [0.05, 0.1) is 11.5 Å². The zero-order valence-corrected chi connectivity index (χ0v) is 17.7. The van der Waals surface area contributed by atoms with Gasteiger partial charge >= 0.3 is 0 Å². The van der Waals surface area contributed by atoms with Crippen LogP contribution in [0.15, 0.2) is 48.5 Å². The molecule has 0 fully saturated rings. The van der Waals surface area contributed by atoms with Crippen LogP contribution in [0.2, 0.25) is 0 Å². The lowest BCUT2D eigenvalue weighted by atomic mass is 10.1. The quantitative estimate of drug-likeness (QED) is 0.586. The van der Waals surface area contributed by atoms with Gasteiger partial charge in [0.1, 0.15) is 5.82 Å². The number of nitrogens with one attached hydrogen (secondary N) is 2. The fraction of sp³-hybridized carbons (Fsp3) is 0.364. The minimum atomic E-state index is -0.354. The summed E-state index contributed by atoms with van der Waals surface area (Å²) in [4.78, 5) is 26.4. The second-order valence-electron chi connectivity index (χ2n) is 6.55. The molecule has 2 aromatic carbocycles. The molecule has 0 aliphatic rings. The van der Waals surface area contributed by atoms with E-state index in [0.717, 1.165) is 25.2 Å². The summed E-state index contributed by atoms with van der Waals surface area (Å²) >= 11 is 1.24. The van der Waals surface area contributed by atoms with Crippen molar-refractivity contribution in [1.82, 2.24) is 10.2 Å². The predicted molar refractivity (Wildman–Crippen MR) is 117 cm³/mol. The maximum absolute atomic E-state index is 12.9. The predicted octanol–water partition coefficient (Wildman–Crippen LogP) is 3.66. The minimum Gasteiger partial charge on any atom is -0.351 e. The third kappa shape index (κ3) is 8.25. The molecule has 0 radical (unpaired) electrons. The monoisotopic (exact) mass is 417 g/mol. The van der Waals surface area contributed by atoms with Gasteiger partial charge in [-0.2, -0.15) is 0 Å². The molecule has 0 saturated heterocycles. The van der Waals surface area contributed by atoms with Crippen molar-refractivity contribution >= 4 is 29.3 Å². The summed E-state index contributed by atoms with van der Waals surface area (Å²) < 4.78 is 12.9. The van der Waals surface area contributed by atoms with Crippen LogP contribution in [0.1, 0.15) is 25.0 Å². The van der Waals surface area contributed by atoms with E-state index in [-0.39, 0.29) is 29.1 Å². The standard InChI is InChI=1S/C22H28FN3O2S/c1-3-26(4-2)14-18-8-6-5-7-17(18)13-24-21(27)15-29-16-22(28)25-20-11-9-19(23)10-12-20/h5-12H,3-4,13-16H2,1-2H3,(H,24,27)(H,25,28). The van der Waals surface area contributed by atoms with Gasteiger partial charge in [0, 0.05) is 18.8 Å². The van der Waals surface area contributed by atoms with E-state index in [0.29, 0.717) is 12.2 Å². The first-order chi connectivity index (χ1) is 14.0. The molecule has 0 aromatic heterocycles. The van der Waals surface area contributed by atoms with Crippen LogP contribution in [0.3, 0.4) is 0 Å². The largest absolute Gasteiger partial charge is 0.351 e. The van der Waals surface area contributed by atoms with Gasteiger partial charge in [-0.1, -0.05) is 38.1 Å². The molecule has 0 heterocycles. The second kappa shape index (κ2) is 12.2. The Morgan fingerprint density at radius 3 is 2.21 bits per heavy atom. The van der Waals surface area contributed by atoms with Gasteiger partial charge < -0.3 is 10.6 Å². The molecule has 0 bridgehead atoms. The number of anilines is 1. The highest BCUT2D eigenvalue weighted by molar-refractivity contribution is 8.00. The molecule has 2 amide bonds. The molecule has 0 unspecified atom stereocenters. The molecule has 0 spiro atoms. The van der Waals surface area contributed by atoms with E-state index in [1.807, 2.05) is 18.2 Å². The number of hydrogen-bond donors (Lipinski definition) is 2. The number of carbonyl (C=O) groups is 2. The van der Waals surface area contributed by atoms with Crippen molar-refractivity contribution in [2.45, 2.75) is 26.9 Å². The van der Waals surface area contributed by atoms with Crippen molar-refractivity contribution in [3.05, 3.63) is 65.5 Å². The molecular weight excluding hydrogens is 389 g/mol. The van der Waals surface area contributed by atoms with Crippen LogP contribution < -0.4 is 10.6 Å². The number of amides is 2. The van der Waals surface area contributed by atoms with E-state index in [1.54, 1.807) is 0 Å². The number of nitrogens with zero attached hydrogens (tertiary/aromatic N) is 1. The lowest BCUT2D eigenvalue weighted by Crippen LogP contribution is -2.27. The summed E-state index contributed by atoms with van der Waals surface area (Å²) in [6.45, 7) is 7.56. The van der Waals surface area contributed by atoms with Gasteiger partial charge in [0.25, 0.3) is 0 Å². The van der Waals surface area contributed by atoms with Gasteiger partial charge in [0.2, 0.25) is 11.8 Å². The van der Waals surface area contributed by atoms with Gasteiger partial charge in [-0.25, -0.2) is 4.39 Å². The van der Waals surface area contributed by atoms with E-state index in [4.69, 9.17) is 0 Å². The molecule has 0 atom stereocenters. The highest BCUT2D eigenvalue weighted by Gasteiger charge is 2.09. The average Bonchev–Trinajstić information content (AvgIpc) is 2.73. The summed E-state index contributed by atoms with van der Waals surface area (Å²) in [5.74, 6) is -0.327. The molecule has 156 valence electrons. The smallest absolute Gasteiger partial charge is 0.234 e. The van der Waals surface area contributed by atoms with Gasteiger partial charge in [-0.3, -0.25) is 14.5 Å². The Morgan fingerprint density at radius 2 is 1.55 bits per heavy atom. The molecule has 2 N–H and O–H groups in total. The summed E-state index contributed by atoms with van der Waals surface area (Å²) in [6.07, 6.45) is 0. The van der Waals surface area contributed by atoms with Crippen LogP contribution in [-0.2, 0) is 22.7 Å². The van der Waals surface area contributed by atoms with Crippen LogP contribution in [0.4, 0.5) is 10.1 Å². The summed E-state index contributed by atoms with van der Waals surface area (Å²) in [7, 11) is 0. The van der Waals surface area contributed by atoms with Crippen LogP contribution in [0.5, 0.6) is 0 Å². The Kier molecular flexibility index (Phi) is 9.67. The van der Waals surface area contributed by atoms with Crippen LogP contribution >= 0.6 is 11.8 Å². The molecule has 29 heavy (non-hydrogen) atoms. The minimum absolute atomic E-state index is 0.109. The molecule has 0 aliphatic carbocycles. The van der Waals surface area contributed by atoms with Crippen molar-refractivity contribution in [2.24, 2.45) is 0 Å². The molecular formula is C22H28FN3O2S. The number of halogens is 1. The number of hydrogen-bond acceptors (Lipinski definition) is 4. The van der Waals surface area contributed by atoms with Crippen LogP contribution in [0.25, 0.3) is 0 Å². The Labute approximate surface area is 176 Å². The summed E-state index contributed by atoms with van der Waals surface area (Å²) in [6, 6.07) is 13.7. The fourth-order valence-corrected chi connectivity index (χ4v) is 3.43. The maximum atomic E-state index is 12.9. The molecule has 5 nitrogen and oxygen atoms in total. The maximum Gasteiger partial charge on any atom is 0.234 e. The first kappa shape index (κ1) is 22.9. The number of thioether (sulfide) groups is 1. The van der Waals surface area contributed by atoms with Crippen molar-refractivity contribution in [1.29, 1.82) is 0 Å². The average molecular weight is 418 g/mol. The molecule has 2 aromatic rings. The third-order valence-electron chi connectivity index (χ3n) is 4.48. The zero-order valence-electron chi connectivity index (χ0n) is 16.9. The zero-order chi connectivity index (χ0) is 21.1. The molecule has 2 rings (SSSR count). The highest BCUT2D eigenvalue weighted by Crippen LogP contribution is 2.12. The summed E-state index contributed by atoms with van der Waals surface area (Å²) in [5.41, 5.74) is 2.85. The van der Waals surface area contributed by atoms with Crippen molar-refractivity contribution in [3.63, 3.8) is 0 Å². The van der Waals surface area contributed by atoms with Crippen LogP contribution in [0, 0.1) is 5.82 Å². The van der Waals surface area contributed by atoms with Gasteiger partial charge in [0.15, 0.2) is 0 Å². The molecule has 0 aliphatic heterocycles. The SMILES string of the molecule is CCN(CC)Cc1ccccc1CNC(=O)CSCC(=O)Nc1ccc(F)cc1. The summed E-state index contributed by atoms with van der Waals surface area (Å²) in [5, 5.41) is 5.60. The fourth-order valence-electron chi connectivity index (χ4n) is 2.78. The van der Waals surface area contributed by atoms with E-state index >= 15 is 0 Å². The van der Waals surface area contributed by atoms with Gasteiger partial charge in [-0.15, -0.1) is 11.8 Å². The Hall–Kier alpha value is -2.38. The number of carbonyl (C=O) groups excluding carboxylic acids is 2. The third-order valence-corrected chi connectivity index (χ3v) is 5.41. The second-order valence-corrected chi connectivity index (χ2v) is 7.54. The Balaban J connectivity index is 1.73. The lowest BCUT2D eigenvalue weighted by Gasteiger charge is -2.20. The number of rotatable bonds is 11. The molecule has 7 heteroatoms. The highest BCUT2D eigenvalue weighted by atomic mass is 32.2. The molecule has 0 saturated carbocycles. The first-order valence-corrected chi connectivity index (χ1v) is 10.9. The van der Waals surface area contributed by atoms with E-state index in [9.17, 15) is 14.0 Å². The van der Waals surface area contributed by atoms with E-state index in [2.05, 4.69) is 35.4 Å². The van der Waals surface area contributed by atoms with Crippen molar-refractivity contribution in [2.75, 3.05) is 29.9 Å². The number of benzene rings is 2. The van der Waals surface area contributed by atoms with Gasteiger partial charge in [-0.05, 0) is 48.5 Å². The Bertz CT molecular complexity index is 795.